The third-order valence-corrected chi connectivity index (χ3v) is 5.26. The molecule has 8 nitrogen and oxygen atoms in total. The fraction of sp³-hybridized carbons (Fsp3) is 0.167. The van der Waals surface area contributed by atoms with Crippen molar-refractivity contribution in [1.82, 2.24) is 0 Å². The third-order valence-electron chi connectivity index (χ3n) is 5.26. The summed E-state index contributed by atoms with van der Waals surface area (Å²) in [5.74, 6) is -2.31. The van der Waals surface area contributed by atoms with E-state index in [0.29, 0.717) is 5.75 Å². The molecule has 3 rings (SSSR count). The first kappa shape index (κ1) is 28.0. The second-order valence-electron chi connectivity index (χ2n) is 8.27. The molecule has 0 heterocycles. The van der Waals surface area contributed by atoms with Gasteiger partial charge >= 0.3 is 11.9 Å². The summed E-state index contributed by atoms with van der Waals surface area (Å²) in [5.41, 5.74) is -0.937. The molecule has 2 N–H and O–H groups in total. The van der Waals surface area contributed by atoms with Crippen LogP contribution in [0.2, 0.25) is 0 Å². The number of aliphatic hydroxyl groups is 2. The van der Waals surface area contributed by atoms with E-state index in [1.807, 2.05) is 12.1 Å². The monoisotopic (exact) mass is 516 g/mol. The molecule has 0 radical (unpaired) electrons. The normalized spacial score (nSPS) is 12.8. The van der Waals surface area contributed by atoms with E-state index in [0.717, 1.165) is 30.2 Å². The van der Waals surface area contributed by atoms with Gasteiger partial charge in [0.2, 0.25) is 5.78 Å². The summed E-state index contributed by atoms with van der Waals surface area (Å²) in [4.78, 5) is 38.3. The van der Waals surface area contributed by atoms with Crippen LogP contribution in [-0.2, 0) is 19.1 Å². The molecule has 0 aliphatic carbocycles. The number of Topliss-reactive ketones (excluding diaryl/α,β-unsaturated/α-hetero) is 1. The highest BCUT2D eigenvalue weighted by molar-refractivity contribution is 6.03. The zero-order valence-electron chi connectivity index (χ0n) is 20.7. The van der Waals surface area contributed by atoms with Gasteiger partial charge in [0, 0.05) is 17.7 Å². The van der Waals surface area contributed by atoms with Crippen LogP contribution in [0, 0.1) is 0 Å². The van der Waals surface area contributed by atoms with Gasteiger partial charge in [-0.15, -0.1) is 0 Å². The molecule has 38 heavy (non-hydrogen) atoms. The number of benzene rings is 3. The molecule has 0 fully saturated rings. The maximum atomic E-state index is 13.2. The van der Waals surface area contributed by atoms with E-state index >= 15 is 0 Å². The predicted molar refractivity (Wildman–Crippen MR) is 141 cm³/mol. The average molecular weight is 517 g/mol. The Bertz CT molecular complexity index is 1200. The number of ether oxygens (including phenoxy) is 3. The molecule has 196 valence electrons. The highest BCUT2D eigenvalue weighted by Gasteiger charge is 2.45. The minimum absolute atomic E-state index is 0.0584. The Labute approximate surface area is 220 Å². The zero-order valence-corrected chi connectivity index (χ0v) is 20.7. The molecule has 3 aromatic rings. The van der Waals surface area contributed by atoms with Crippen LogP contribution in [0.25, 0.3) is 12.2 Å². The minimum atomic E-state index is -2.43. The van der Waals surface area contributed by atoms with Crippen LogP contribution in [0.4, 0.5) is 0 Å². The molecule has 0 aromatic heterocycles. The molecule has 0 aliphatic rings. The lowest BCUT2D eigenvalue weighted by Gasteiger charge is -2.29. The molecular formula is C30H28O8. The van der Waals surface area contributed by atoms with Crippen molar-refractivity contribution in [2.45, 2.75) is 18.8 Å². The molecule has 1 unspecified atom stereocenters. The lowest BCUT2D eigenvalue weighted by atomic mass is 9.94. The van der Waals surface area contributed by atoms with E-state index in [9.17, 15) is 19.5 Å². The van der Waals surface area contributed by atoms with Crippen LogP contribution < -0.4 is 4.74 Å². The van der Waals surface area contributed by atoms with E-state index in [2.05, 4.69) is 0 Å². The van der Waals surface area contributed by atoms with Crippen LogP contribution in [0.15, 0.2) is 97.1 Å². The van der Waals surface area contributed by atoms with Gasteiger partial charge in [-0.1, -0.05) is 60.7 Å². The number of carbonyl (C=O) groups excluding carboxylic acids is 3. The minimum Gasteiger partial charge on any atom is -0.491 e. The first-order valence-electron chi connectivity index (χ1n) is 11.8. The molecule has 0 saturated carbocycles. The van der Waals surface area contributed by atoms with Gasteiger partial charge in [-0.05, 0) is 54.5 Å². The van der Waals surface area contributed by atoms with Gasteiger partial charge in [0.25, 0.3) is 6.29 Å². The van der Waals surface area contributed by atoms with Crippen LogP contribution in [0.1, 0.15) is 28.4 Å². The summed E-state index contributed by atoms with van der Waals surface area (Å²) >= 11 is 0. The first-order valence-corrected chi connectivity index (χ1v) is 11.8. The SMILES string of the molecule is CC(O)(C(=O)c1ccc(OCCO)cc1)C(OC(=O)/C=C/c1ccccc1)OC(=O)/C=C/c1ccccc1. The molecule has 0 aliphatic heterocycles. The first-order chi connectivity index (χ1) is 18.3. The van der Waals surface area contributed by atoms with Crippen molar-refractivity contribution in [2.75, 3.05) is 13.2 Å². The molecule has 0 saturated heterocycles. The van der Waals surface area contributed by atoms with Crippen molar-refractivity contribution in [3.05, 3.63) is 114 Å². The Hall–Kier alpha value is -4.53. The number of hydrogen-bond acceptors (Lipinski definition) is 8. The zero-order chi connectivity index (χ0) is 27.4. The van der Waals surface area contributed by atoms with E-state index in [1.165, 1.54) is 36.4 Å². The Morgan fingerprint density at radius 2 is 1.26 bits per heavy atom. The number of esters is 2. The molecule has 1 atom stereocenters. The van der Waals surface area contributed by atoms with Gasteiger partial charge in [0.05, 0.1) is 6.61 Å². The van der Waals surface area contributed by atoms with Crippen molar-refractivity contribution < 1.29 is 38.8 Å². The average Bonchev–Trinajstić information content (AvgIpc) is 2.94. The van der Waals surface area contributed by atoms with Crippen molar-refractivity contribution in [3.63, 3.8) is 0 Å². The largest absolute Gasteiger partial charge is 0.491 e. The number of rotatable bonds is 12. The Morgan fingerprint density at radius 3 is 1.71 bits per heavy atom. The van der Waals surface area contributed by atoms with Crippen molar-refractivity contribution in [2.24, 2.45) is 0 Å². The molecule has 0 bridgehead atoms. The Kier molecular flexibility index (Phi) is 10.1. The van der Waals surface area contributed by atoms with Gasteiger partial charge in [-0.3, -0.25) is 4.79 Å². The second-order valence-corrected chi connectivity index (χ2v) is 8.27. The number of aliphatic hydroxyl groups excluding tert-OH is 1. The van der Waals surface area contributed by atoms with Crippen LogP contribution >= 0.6 is 0 Å². The molecule has 0 spiro atoms. The van der Waals surface area contributed by atoms with Gasteiger partial charge in [0.15, 0.2) is 5.60 Å². The van der Waals surface area contributed by atoms with Gasteiger partial charge in [-0.25, -0.2) is 9.59 Å². The summed E-state index contributed by atoms with van der Waals surface area (Å²) in [6, 6.07) is 23.6. The topological polar surface area (TPSA) is 119 Å². The van der Waals surface area contributed by atoms with Crippen molar-refractivity contribution in [3.8, 4) is 5.75 Å². The third kappa shape index (κ3) is 8.26. The van der Waals surface area contributed by atoms with Crippen molar-refractivity contribution in [1.29, 1.82) is 0 Å². The second kappa shape index (κ2) is 13.7. The van der Waals surface area contributed by atoms with E-state index < -0.39 is 29.6 Å². The van der Waals surface area contributed by atoms with Gasteiger partial charge in [0.1, 0.15) is 12.4 Å². The lowest BCUT2D eigenvalue weighted by molar-refractivity contribution is -0.210. The smallest absolute Gasteiger partial charge is 0.333 e. The van der Waals surface area contributed by atoms with Crippen LogP contribution in [-0.4, -0.2) is 53.0 Å². The number of hydrogen-bond donors (Lipinski definition) is 2. The van der Waals surface area contributed by atoms with E-state index in [4.69, 9.17) is 19.3 Å². The summed E-state index contributed by atoms with van der Waals surface area (Å²) in [5, 5.41) is 20.0. The standard InChI is InChI=1S/C30H28O8/c1-30(35,28(34)24-14-16-25(17-15-24)36-21-20-31)29(37-26(32)18-12-22-8-4-2-5-9-22)38-27(33)19-13-23-10-6-3-7-11-23/h2-19,29,31,35H,20-21H2,1H3/b18-12+,19-13+. The molecule has 0 amide bonds. The maximum absolute atomic E-state index is 13.2. The molecule has 8 heteroatoms. The van der Waals surface area contributed by atoms with Gasteiger partial charge in [-0.2, -0.15) is 0 Å². The Morgan fingerprint density at radius 1 is 0.789 bits per heavy atom. The van der Waals surface area contributed by atoms with Crippen LogP contribution in [0.5, 0.6) is 5.75 Å². The fourth-order valence-electron chi connectivity index (χ4n) is 3.27. The summed E-state index contributed by atoms with van der Waals surface area (Å²) in [7, 11) is 0. The van der Waals surface area contributed by atoms with Crippen molar-refractivity contribution >= 4 is 29.9 Å². The summed E-state index contributed by atoms with van der Waals surface area (Å²) in [6.07, 6.45) is 3.21. The highest BCUT2D eigenvalue weighted by atomic mass is 16.7. The number of ketones is 1. The van der Waals surface area contributed by atoms with E-state index in [-0.39, 0.29) is 18.8 Å². The van der Waals surface area contributed by atoms with E-state index in [1.54, 1.807) is 48.5 Å². The summed E-state index contributed by atoms with van der Waals surface area (Å²) < 4.78 is 15.8. The maximum Gasteiger partial charge on any atom is 0.333 e. The lowest BCUT2D eigenvalue weighted by Crippen LogP contribution is -2.51. The molecular weight excluding hydrogens is 488 g/mol. The Balaban J connectivity index is 1.80. The summed E-state index contributed by atoms with van der Waals surface area (Å²) in [6.45, 7) is 0.996. The predicted octanol–water partition coefficient (Wildman–Crippen LogP) is 3.83. The fourth-order valence-corrected chi connectivity index (χ4v) is 3.27. The quantitative estimate of drug-likeness (QED) is 0.161. The number of carbonyl (C=O) groups is 3. The molecule has 3 aromatic carbocycles. The van der Waals surface area contributed by atoms with Crippen LogP contribution in [0.3, 0.4) is 0 Å². The van der Waals surface area contributed by atoms with Gasteiger partial charge < -0.3 is 24.4 Å². The highest BCUT2D eigenvalue weighted by Crippen LogP contribution is 2.24.